The number of rotatable bonds is 3. The Morgan fingerprint density at radius 2 is 2.39 bits per heavy atom. The summed E-state index contributed by atoms with van der Waals surface area (Å²) in [5.74, 6) is -0.971. The van der Waals surface area contributed by atoms with Crippen LogP contribution in [0, 0.1) is 0 Å². The lowest BCUT2D eigenvalue weighted by atomic mass is 10.0. The fraction of sp³-hybridized carbons (Fsp3) is 0.500. The summed E-state index contributed by atoms with van der Waals surface area (Å²) < 4.78 is 0. The van der Waals surface area contributed by atoms with Crippen LogP contribution in [0.4, 0.5) is 4.79 Å². The first-order valence-corrected chi connectivity index (χ1v) is 6.86. The summed E-state index contributed by atoms with van der Waals surface area (Å²) in [6.45, 7) is 2.99. The predicted octanol–water partition coefficient (Wildman–Crippen LogP) is 1.85. The van der Waals surface area contributed by atoms with Crippen molar-refractivity contribution in [1.29, 1.82) is 0 Å². The van der Waals surface area contributed by atoms with E-state index in [0.717, 1.165) is 23.3 Å². The Balaban J connectivity index is 2.21. The van der Waals surface area contributed by atoms with Crippen molar-refractivity contribution in [2.45, 2.75) is 25.8 Å². The molecule has 1 unspecified atom stereocenters. The molecule has 0 spiro atoms. The summed E-state index contributed by atoms with van der Waals surface area (Å²) >= 11 is 1.56. The molecule has 0 aromatic carbocycles. The third kappa shape index (κ3) is 2.33. The van der Waals surface area contributed by atoms with Crippen molar-refractivity contribution in [2.75, 3.05) is 13.1 Å². The van der Waals surface area contributed by atoms with Gasteiger partial charge in [0.2, 0.25) is 0 Å². The van der Waals surface area contributed by atoms with Gasteiger partial charge in [0.1, 0.15) is 0 Å². The molecule has 5 nitrogen and oxygen atoms in total. The SMILES string of the molecule is CCCNC(=O)N1CCc2sccc2C1C(=O)O. The zero-order valence-electron chi connectivity index (χ0n) is 10.2. The molecule has 2 heterocycles. The molecule has 0 bridgehead atoms. The number of carbonyl (C=O) groups is 2. The number of hydrogen-bond donors (Lipinski definition) is 2. The maximum absolute atomic E-state index is 12.0. The van der Waals surface area contributed by atoms with E-state index < -0.39 is 12.0 Å². The number of fused-ring (bicyclic) bond motifs is 1. The second kappa shape index (κ2) is 5.39. The molecule has 0 aliphatic carbocycles. The topological polar surface area (TPSA) is 69.6 Å². The van der Waals surface area contributed by atoms with Gasteiger partial charge in [-0.25, -0.2) is 9.59 Å². The third-order valence-electron chi connectivity index (χ3n) is 2.99. The van der Waals surface area contributed by atoms with E-state index in [4.69, 9.17) is 0 Å². The van der Waals surface area contributed by atoms with Crippen molar-refractivity contribution in [3.63, 3.8) is 0 Å². The van der Waals surface area contributed by atoms with Crippen LogP contribution in [-0.4, -0.2) is 35.1 Å². The van der Waals surface area contributed by atoms with Crippen LogP contribution in [0.2, 0.25) is 0 Å². The Labute approximate surface area is 109 Å². The van der Waals surface area contributed by atoms with Crippen LogP contribution < -0.4 is 5.32 Å². The highest BCUT2D eigenvalue weighted by Crippen LogP contribution is 2.33. The number of thiophene rings is 1. The standard InChI is InChI=1S/C12H16N2O3S/c1-2-5-13-12(17)14-6-3-9-8(4-7-18-9)10(14)11(15)16/h4,7,10H,2-3,5-6H2,1H3,(H,13,17)(H,15,16). The molecule has 2 rings (SSSR count). The van der Waals surface area contributed by atoms with Crippen molar-refractivity contribution >= 4 is 23.3 Å². The van der Waals surface area contributed by atoms with E-state index in [9.17, 15) is 14.7 Å². The van der Waals surface area contributed by atoms with Crippen molar-refractivity contribution in [3.05, 3.63) is 21.9 Å². The smallest absolute Gasteiger partial charge is 0.331 e. The number of aliphatic carboxylic acids is 1. The number of carbonyl (C=O) groups excluding carboxylic acids is 1. The lowest BCUT2D eigenvalue weighted by Crippen LogP contribution is -2.47. The van der Waals surface area contributed by atoms with Crippen LogP contribution in [0.3, 0.4) is 0 Å². The van der Waals surface area contributed by atoms with E-state index >= 15 is 0 Å². The molecule has 1 aromatic heterocycles. The lowest BCUT2D eigenvalue weighted by Gasteiger charge is -2.33. The first-order valence-electron chi connectivity index (χ1n) is 5.98. The minimum absolute atomic E-state index is 0.291. The molecule has 98 valence electrons. The number of hydrogen-bond acceptors (Lipinski definition) is 3. The van der Waals surface area contributed by atoms with Gasteiger partial charge >= 0.3 is 12.0 Å². The maximum atomic E-state index is 12.0. The molecule has 1 aromatic rings. The van der Waals surface area contributed by atoms with Crippen LogP contribution in [0.15, 0.2) is 11.4 Å². The van der Waals surface area contributed by atoms with Gasteiger partial charge < -0.3 is 15.3 Å². The van der Waals surface area contributed by atoms with Crippen LogP contribution in [0.5, 0.6) is 0 Å². The zero-order chi connectivity index (χ0) is 13.1. The summed E-state index contributed by atoms with van der Waals surface area (Å²) in [5.41, 5.74) is 0.755. The predicted molar refractivity (Wildman–Crippen MR) is 68.8 cm³/mol. The fourth-order valence-electron chi connectivity index (χ4n) is 2.13. The second-order valence-electron chi connectivity index (χ2n) is 4.22. The minimum atomic E-state index is -0.971. The van der Waals surface area contributed by atoms with E-state index in [0.29, 0.717) is 13.1 Å². The molecule has 2 amide bonds. The van der Waals surface area contributed by atoms with Gasteiger partial charge in [0.05, 0.1) is 0 Å². The second-order valence-corrected chi connectivity index (χ2v) is 5.22. The Bertz CT molecular complexity index is 458. The van der Waals surface area contributed by atoms with Crippen molar-refractivity contribution in [3.8, 4) is 0 Å². The van der Waals surface area contributed by atoms with Crippen molar-refractivity contribution in [1.82, 2.24) is 10.2 Å². The van der Waals surface area contributed by atoms with Crippen molar-refractivity contribution in [2.24, 2.45) is 0 Å². The van der Waals surface area contributed by atoms with Crippen LogP contribution in [0.1, 0.15) is 29.8 Å². The Kier molecular flexibility index (Phi) is 3.86. The van der Waals surface area contributed by atoms with Gasteiger partial charge in [-0.2, -0.15) is 0 Å². The molecule has 18 heavy (non-hydrogen) atoms. The molecular formula is C12H16N2O3S. The van der Waals surface area contributed by atoms with E-state index in [1.807, 2.05) is 12.3 Å². The number of urea groups is 1. The minimum Gasteiger partial charge on any atom is -0.479 e. The molecule has 1 aliphatic rings. The first-order chi connectivity index (χ1) is 8.65. The van der Waals surface area contributed by atoms with E-state index in [1.54, 1.807) is 17.4 Å². The highest BCUT2D eigenvalue weighted by atomic mass is 32.1. The summed E-state index contributed by atoms with van der Waals surface area (Å²) in [7, 11) is 0. The quantitative estimate of drug-likeness (QED) is 0.879. The maximum Gasteiger partial charge on any atom is 0.331 e. The number of nitrogens with zero attached hydrogens (tertiary/aromatic N) is 1. The normalized spacial score (nSPS) is 18.3. The van der Waals surface area contributed by atoms with Gasteiger partial charge in [-0.3, -0.25) is 0 Å². The summed E-state index contributed by atoms with van der Waals surface area (Å²) in [6.07, 6.45) is 1.57. The van der Waals surface area contributed by atoms with Gasteiger partial charge in [0.15, 0.2) is 6.04 Å². The van der Waals surface area contributed by atoms with Gasteiger partial charge in [-0.1, -0.05) is 6.92 Å². The molecule has 1 atom stereocenters. The Morgan fingerprint density at radius 1 is 1.61 bits per heavy atom. The van der Waals surface area contributed by atoms with Gasteiger partial charge in [-0.05, 0) is 29.9 Å². The monoisotopic (exact) mass is 268 g/mol. The average molecular weight is 268 g/mol. The Morgan fingerprint density at radius 3 is 3.06 bits per heavy atom. The fourth-order valence-corrected chi connectivity index (χ4v) is 3.04. The summed E-state index contributed by atoms with van der Waals surface area (Å²) in [6, 6.07) is 0.663. The summed E-state index contributed by atoms with van der Waals surface area (Å²) in [4.78, 5) is 25.8. The third-order valence-corrected chi connectivity index (χ3v) is 3.98. The van der Waals surface area contributed by atoms with E-state index in [-0.39, 0.29) is 6.03 Å². The van der Waals surface area contributed by atoms with Crippen LogP contribution in [-0.2, 0) is 11.2 Å². The molecule has 1 aliphatic heterocycles. The lowest BCUT2D eigenvalue weighted by molar-refractivity contribution is -0.142. The molecule has 0 saturated carbocycles. The van der Waals surface area contributed by atoms with Gasteiger partial charge in [0.25, 0.3) is 0 Å². The van der Waals surface area contributed by atoms with Crippen LogP contribution >= 0.6 is 11.3 Å². The van der Waals surface area contributed by atoms with Crippen molar-refractivity contribution < 1.29 is 14.7 Å². The highest BCUT2D eigenvalue weighted by Gasteiger charge is 2.36. The summed E-state index contributed by atoms with van der Waals surface area (Å²) in [5, 5.41) is 14.0. The first kappa shape index (κ1) is 12.9. The molecule has 0 radical (unpaired) electrons. The molecule has 2 N–H and O–H groups in total. The van der Waals surface area contributed by atoms with E-state index in [2.05, 4.69) is 5.32 Å². The molecule has 6 heteroatoms. The van der Waals surface area contributed by atoms with Gasteiger partial charge in [0, 0.05) is 18.0 Å². The number of carboxylic acids is 1. The average Bonchev–Trinajstić information content (AvgIpc) is 2.82. The molecular weight excluding hydrogens is 252 g/mol. The Hall–Kier alpha value is -1.56. The van der Waals surface area contributed by atoms with E-state index in [1.165, 1.54) is 4.90 Å². The largest absolute Gasteiger partial charge is 0.479 e. The van der Waals surface area contributed by atoms with Gasteiger partial charge in [-0.15, -0.1) is 11.3 Å². The molecule has 0 fully saturated rings. The zero-order valence-corrected chi connectivity index (χ0v) is 11.0. The molecule has 0 saturated heterocycles. The number of amides is 2. The highest BCUT2D eigenvalue weighted by molar-refractivity contribution is 7.10. The number of carboxylic acid groups (broad SMARTS) is 1. The number of nitrogens with one attached hydrogen (secondary N) is 1. The van der Waals surface area contributed by atoms with Crippen LogP contribution in [0.25, 0.3) is 0 Å².